The quantitative estimate of drug-likeness (QED) is 0.0864. The monoisotopic (exact) mass is 1620 g/mol. The van der Waals surface area contributed by atoms with Crippen molar-refractivity contribution in [2.75, 3.05) is 0 Å². The van der Waals surface area contributed by atoms with Gasteiger partial charge in [0, 0.05) is 0 Å². The topological polar surface area (TPSA) is 311 Å². The molecule has 0 aromatic rings. The first-order chi connectivity index (χ1) is 54.7. The van der Waals surface area contributed by atoms with Gasteiger partial charge in [0.2, 0.25) is 0 Å². The maximum Gasteiger partial charge on any atom is 0.306 e. The van der Waals surface area contributed by atoms with Gasteiger partial charge in [-0.3, -0.25) is 19.2 Å². The fourth-order valence-corrected chi connectivity index (χ4v) is 37.9. The number of fused-ring (bicyclic) bond motifs is 20. The largest absolute Gasteiger partial charge is 0.481 e. The minimum atomic E-state index is -0.605. The van der Waals surface area contributed by atoms with Gasteiger partial charge in [0.05, 0.1) is 72.5 Å². The lowest BCUT2D eigenvalue weighted by atomic mass is 9.43. The molecule has 0 amide bonds. The van der Waals surface area contributed by atoms with Crippen LogP contribution in [0.25, 0.3) is 0 Å². The Labute approximate surface area is 696 Å². The Kier molecular flexibility index (Phi) is 22.7. The van der Waals surface area contributed by atoms with Crippen molar-refractivity contribution in [3.63, 3.8) is 0 Å². The van der Waals surface area contributed by atoms with Gasteiger partial charge in [0.15, 0.2) is 0 Å². The van der Waals surface area contributed by atoms with Crippen LogP contribution < -0.4 is 0 Å². The minimum absolute atomic E-state index is 0.113. The van der Waals surface area contributed by atoms with E-state index in [4.69, 9.17) is 0 Å². The summed E-state index contributed by atoms with van der Waals surface area (Å²) in [6.45, 7) is 29.0. The molecule has 656 valence electrons. The summed E-state index contributed by atoms with van der Waals surface area (Å²) in [5, 5.41) is 124. The van der Waals surface area contributed by atoms with E-state index in [1.807, 2.05) is 0 Å². The summed E-state index contributed by atoms with van der Waals surface area (Å²) in [4.78, 5) is 45.7. The van der Waals surface area contributed by atoms with E-state index in [1.54, 1.807) is 0 Å². The van der Waals surface area contributed by atoms with Gasteiger partial charge in [-0.2, -0.15) is 0 Å². The number of aliphatic hydroxyl groups is 8. The Morgan fingerprint density at radius 2 is 0.405 bits per heavy atom. The van der Waals surface area contributed by atoms with Crippen LogP contribution in [0, 0.1) is 233 Å². The highest BCUT2D eigenvalue weighted by Crippen LogP contribution is 2.76. The molecular formula is C100H160O16. The lowest BCUT2D eigenvalue weighted by Crippen LogP contribution is -2.58. The van der Waals surface area contributed by atoms with Gasteiger partial charge in [-0.1, -0.05) is 83.1 Å². The minimum Gasteiger partial charge on any atom is -0.481 e. The summed E-state index contributed by atoms with van der Waals surface area (Å²) in [6, 6.07) is 0. The zero-order valence-electron chi connectivity index (χ0n) is 73.5. The molecule has 0 radical (unpaired) electrons. The summed E-state index contributed by atoms with van der Waals surface area (Å²) in [6.07, 6.45) is 36.3. The second kappa shape index (κ2) is 30.7. The molecular weight excluding hydrogens is 1460 g/mol. The van der Waals surface area contributed by atoms with Crippen LogP contribution in [-0.2, 0) is 19.2 Å². The molecule has 16 heteroatoms. The molecule has 20 rings (SSSR count). The van der Waals surface area contributed by atoms with E-state index in [9.17, 15) is 80.5 Å². The van der Waals surface area contributed by atoms with Gasteiger partial charge in [0.1, 0.15) is 0 Å². The van der Waals surface area contributed by atoms with Gasteiger partial charge in [-0.15, -0.1) is 0 Å². The molecule has 20 fully saturated rings. The van der Waals surface area contributed by atoms with Gasteiger partial charge in [-0.05, 0) is 440 Å². The predicted octanol–water partition coefficient (Wildman–Crippen LogP) is 17.3. The molecule has 0 saturated heterocycles. The van der Waals surface area contributed by atoms with Crippen molar-refractivity contribution in [2.45, 2.75) is 363 Å². The number of carbonyl (C=O) groups is 4. The van der Waals surface area contributed by atoms with Crippen molar-refractivity contribution in [1.29, 1.82) is 0 Å². The smallest absolute Gasteiger partial charge is 0.306 e. The highest BCUT2D eigenvalue weighted by Gasteiger charge is 2.71. The van der Waals surface area contributed by atoms with Crippen LogP contribution in [0.1, 0.15) is 314 Å². The van der Waals surface area contributed by atoms with Crippen LogP contribution in [0.4, 0.5) is 0 Å². The highest BCUT2D eigenvalue weighted by molar-refractivity contribution is 5.75. The molecule has 116 heavy (non-hydrogen) atoms. The Morgan fingerprint density at radius 1 is 0.233 bits per heavy atom. The van der Waals surface area contributed by atoms with E-state index in [2.05, 4.69) is 83.1 Å². The molecule has 48 atom stereocenters. The molecule has 20 saturated carbocycles. The van der Waals surface area contributed by atoms with Crippen molar-refractivity contribution < 1.29 is 80.5 Å². The number of carboxylic acids is 4. The molecule has 12 N–H and O–H groups in total. The van der Waals surface area contributed by atoms with Crippen LogP contribution in [-0.4, -0.2) is 134 Å². The normalized spacial score (nSPS) is 57.3. The first-order valence-electron chi connectivity index (χ1n) is 49.0. The van der Waals surface area contributed by atoms with E-state index in [0.717, 1.165) is 128 Å². The SMILES string of the molecule is C[C@H]([C@@H]1C[C@@H]1C(=O)O)[C@H]1CCC2C3C(CC[C@@]21C)[C@@]1(C)CC[C@@H](O)C[C@H]1C[C@H]3O.C[C@H]([C@@H]1C[C@H]1C(=O)O)[C@H]1CCC2C3C(CC[C@@]21C)[C@@]1(C)CC[C@@H](O)C[C@H]1C[C@H]3O.C[C@H]([C@H]1C[C@@H]1C(=O)O)[C@H]1CCC2C3C(CC[C@@]21C)[C@@]1(C)CC[C@@H](O)C[C@H]1C[C@H]3O.C[C@H]([C@H]1C[C@H]1C(=O)O)[C@H]1CCC2C3C(CC[C@@]21C)[C@@]1(C)CC[C@@H](O)C[C@H]1C[C@H]3O. The second-order valence-corrected chi connectivity index (χ2v) is 48.6. The lowest BCUT2D eigenvalue weighted by Gasteiger charge is -2.62. The van der Waals surface area contributed by atoms with Crippen LogP contribution in [0.3, 0.4) is 0 Å². The maximum atomic E-state index is 11.4. The van der Waals surface area contributed by atoms with Crippen molar-refractivity contribution in [3.05, 3.63) is 0 Å². The number of hydrogen-bond donors (Lipinski definition) is 12. The molecule has 0 aromatic carbocycles. The zero-order chi connectivity index (χ0) is 82.9. The van der Waals surface area contributed by atoms with Gasteiger partial charge in [0.25, 0.3) is 0 Å². The van der Waals surface area contributed by atoms with Gasteiger partial charge < -0.3 is 61.3 Å². The number of aliphatic hydroxyl groups excluding tert-OH is 8. The number of rotatable bonds is 12. The van der Waals surface area contributed by atoms with E-state index in [1.165, 1.54) is 103 Å². The summed E-state index contributed by atoms with van der Waals surface area (Å²) in [5.74, 6) is 11.1. The van der Waals surface area contributed by atoms with Gasteiger partial charge >= 0.3 is 23.9 Å². The highest BCUT2D eigenvalue weighted by atomic mass is 16.4. The fourth-order valence-electron chi connectivity index (χ4n) is 37.9. The summed E-state index contributed by atoms with van der Waals surface area (Å²) in [5.41, 5.74) is 2.13. The molecule has 0 aromatic heterocycles. The van der Waals surface area contributed by atoms with Crippen molar-refractivity contribution in [3.8, 4) is 0 Å². The maximum absolute atomic E-state index is 11.4. The first kappa shape index (κ1) is 85.7. The number of hydrogen-bond acceptors (Lipinski definition) is 12. The van der Waals surface area contributed by atoms with Crippen LogP contribution in [0.5, 0.6) is 0 Å². The Balaban J connectivity index is 0.000000111. The molecule has 0 spiro atoms. The van der Waals surface area contributed by atoms with E-state index in [0.29, 0.717) is 166 Å². The Morgan fingerprint density at radius 3 is 0.578 bits per heavy atom. The van der Waals surface area contributed by atoms with Crippen molar-refractivity contribution >= 4 is 23.9 Å². The third-order valence-corrected chi connectivity index (χ3v) is 44.8. The third-order valence-electron chi connectivity index (χ3n) is 44.8. The Hall–Kier alpha value is -2.44. The molecule has 20 aliphatic rings. The number of aliphatic carboxylic acids is 4. The second-order valence-electron chi connectivity index (χ2n) is 48.6. The standard InChI is InChI=1S/4C25H40O4/c4*1-13(16-12-17(16)23(28)29)18-4-5-19-22-20(7-9-25(18,19)3)24(2)8-6-15(26)10-14(24)11-21(22)27/h4*13-22,26-27H,4-12H2,1-3H3,(H,28,29)/t13-,14+,15-,16+,17+,18-,19?,20?,21-,22?,24+,25-;13-,14+,15-,16+,17-,18-,19?,20?,21-,22?,24+,25-;13-,14+,15-,16-,17+,18-,19?,20?,21-,22?,24+,25-;13-,14+,15-,16-,17-,18-,19?,20?,21-,22?,24+,25-/m1111/s1. The first-order valence-corrected chi connectivity index (χ1v) is 49.0. The average Bonchev–Trinajstić information content (AvgIpc) is 1.70. The molecule has 16 nitrogen and oxygen atoms in total. The lowest BCUT2D eigenvalue weighted by molar-refractivity contribution is -0.174. The van der Waals surface area contributed by atoms with Crippen molar-refractivity contribution in [1.82, 2.24) is 0 Å². The predicted molar refractivity (Wildman–Crippen MR) is 444 cm³/mol. The molecule has 12 unspecified atom stereocenters. The average molecular weight is 1620 g/mol. The molecule has 0 bridgehead atoms. The third kappa shape index (κ3) is 13.9. The van der Waals surface area contributed by atoms with E-state index < -0.39 is 23.9 Å². The van der Waals surface area contributed by atoms with E-state index >= 15 is 0 Å². The van der Waals surface area contributed by atoms with Gasteiger partial charge in [-0.25, -0.2) is 0 Å². The molecule has 0 heterocycles. The summed E-state index contributed by atoms with van der Waals surface area (Å²) < 4.78 is 0. The Bertz CT molecular complexity index is 3170. The summed E-state index contributed by atoms with van der Waals surface area (Å²) in [7, 11) is 0. The fraction of sp³-hybridized carbons (Fsp3) is 0.960. The molecule has 0 aliphatic heterocycles. The van der Waals surface area contributed by atoms with Crippen LogP contribution in [0.15, 0.2) is 0 Å². The zero-order valence-corrected chi connectivity index (χ0v) is 73.5. The van der Waals surface area contributed by atoms with Crippen LogP contribution in [0.2, 0.25) is 0 Å². The van der Waals surface area contributed by atoms with Crippen LogP contribution >= 0.6 is 0 Å². The van der Waals surface area contributed by atoms with Crippen molar-refractivity contribution in [2.24, 2.45) is 233 Å². The number of carboxylic acid groups (broad SMARTS) is 4. The summed E-state index contributed by atoms with van der Waals surface area (Å²) >= 11 is 0. The van der Waals surface area contributed by atoms with E-state index in [-0.39, 0.29) is 116 Å². The molecule has 20 aliphatic carbocycles.